The van der Waals surface area contributed by atoms with Crippen LogP contribution in [0.4, 0.5) is 5.69 Å². The van der Waals surface area contributed by atoms with E-state index >= 15 is 0 Å². The number of nitrogens with zero attached hydrogens (tertiary/aromatic N) is 1. The van der Waals surface area contributed by atoms with Crippen molar-refractivity contribution in [2.45, 2.75) is 20.3 Å². The van der Waals surface area contributed by atoms with Gasteiger partial charge in [0.1, 0.15) is 0 Å². The van der Waals surface area contributed by atoms with E-state index in [9.17, 15) is 4.79 Å². The number of anilines is 1. The van der Waals surface area contributed by atoms with Crippen LogP contribution in [0.3, 0.4) is 0 Å². The maximum Gasteiger partial charge on any atom is 0.267 e. The molecule has 1 atom stereocenters. The van der Waals surface area contributed by atoms with E-state index in [2.05, 4.69) is 18.6 Å². The second-order valence-corrected chi connectivity index (χ2v) is 4.95. The van der Waals surface area contributed by atoms with E-state index in [4.69, 9.17) is 0 Å². The Labute approximate surface area is 100 Å². The van der Waals surface area contributed by atoms with Gasteiger partial charge in [-0.05, 0) is 18.1 Å². The molecule has 1 aliphatic heterocycles. The van der Waals surface area contributed by atoms with Gasteiger partial charge in [0.15, 0.2) is 0 Å². The summed E-state index contributed by atoms with van der Waals surface area (Å²) in [5.41, 5.74) is 1.68. The van der Waals surface area contributed by atoms with Crippen molar-refractivity contribution in [3.8, 4) is 0 Å². The SMILES string of the molecule is CCC(C)CN1SNc2ccccc2C1=O. The number of hydrogen-bond acceptors (Lipinski definition) is 3. The third kappa shape index (κ3) is 2.16. The molecule has 0 fully saturated rings. The number of para-hydroxylation sites is 1. The highest BCUT2D eigenvalue weighted by molar-refractivity contribution is 7.99. The fourth-order valence-corrected chi connectivity index (χ4v) is 2.47. The Morgan fingerprint density at radius 2 is 2.19 bits per heavy atom. The first-order valence-electron chi connectivity index (χ1n) is 5.56. The van der Waals surface area contributed by atoms with Crippen molar-refractivity contribution in [2.24, 2.45) is 5.92 Å². The summed E-state index contributed by atoms with van der Waals surface area (Å²) >= 11 is 1.39. The summed E-state index contributed by atoms with van der Waals surface area (Å²) in [6.07, 6.45) is 1.09. The van der Waals surface area contributed by atoms with Crippen molar-refractivity contribution in [1.29, 1.82) is 0 Å². The molecular formula is C12H16N2OS. The molecule has 1 heterocycles. The largest absolute Gasteiger partial charge is 0.311 e. The summed E-state index contributed by atoms with van der Waals surface area (Å²) in [6, 6.07) is 7.63. The third-order valence-electron chi connectivity index (χ3n) is 2.82. The van der Waals surface area contributed by atoms with Crippen LogP contribution < -0.4 is 4.72 Å². The molecule has 1 N–H and O–H groups in total. The van der Waals surface area contributed by atoms with Crippen LogP contribution in [0.15, 0.2) is 24.3 Å². The number of nitrogens with one attached hydrogen (secondary N) is 1. The summed E-state index contributed by atoms with van der Waals surface area (Å²) in [6.45, 7) is 5.10. The van der Waals surface area contributed by atoms with Crippen molar-refractivity contribution in [3.05, 3.63) is 29.8 Å². The van der Waals surface area contributed by atoms with Crippen LogP contribution in [0.1, 0.15) is 30.6 Å². The molecule has 1 aromatic carbocycles. The van der Waals surface area contributed by atoms with Crippen molar-refractivity contribution < 1.29 is 4.79 Å². The third-order valence-corrected chi connectivity index (χ3v) is 3.67. The average Bonchev–Trinajstić information content (AvgIpc) is 2.33. The fourth-order valence-electron chi connectivity index (χ4n) is 1.57. The van der Waals surface area contributed by atoms with Crippen molar-refractivity contribution >= 4 is 23.7 Å². The molecule has 2 rings (SSSR count). The molecule has 86 valence electrons. The quantitative estimate of drug-likeness (QED) is 0.818. The Balaban J connectivity index is 2.15. The highest BCUT2D eigenvalue weighted by Crippen LogP contribution is 2.30. The predicted molar refractivity (Wildman–Crippen MR) is 68.1 cm³/mol. The van der Waals surface area contributed by atoms with Crippen LogP contribution >= 0.6 is 12.1 Å². The summed E-state index contributed by atoms with van der Waals surface area (Å²) in [4.78, 5) is 12.1. The topological polar surface area (TPSA) is 32.3 Å². The zero-order chi connectivity index (χ0) is 11.5. The van der Waals surface area contributed by atoms with E-state index in [0.717, 1.165) is 24.2 Å². The highest BCUT2D eigenvalue weighted by atomic mass is 32.2. The first kappa shape index (κ1) is 11.3. The molecule has 0 bridgehead atoms. The van der Waals surface area contributed by atoms with Gasteiger partial charge in [-0.15, -0.1) is 0 Å². The summed E-state index contributed by atoms with van der Waals surface area (Å²) in [5, 5.41) is 0. The molecule has 1 unspecified atom stereocenters. The molecule has 0 saturated carbocycles. The lowest BCUT2D eigenvalue weighted by molar-refractivity contribution is 0.0858. The molecule has 1 aromatic rings. The van der Waals surface area contributed by atoms with E-state index < -0.39 is 0 Å². The predicted octanol–water partition coefficient (Wildman–Crippen LogP) is 3.16. The zero-order valence-electron chi connectivity index (χ0n) is 9.56. The van der Waals surface area contributed by atoms with E-state index in [1.165, 1.54) is 12.1 Å². The summed E-state index contributed by atoms with van der Waals surface area (Å²) in [5.74, 6) is 0.642. The van der Waals surface area contributed by atoms with Gasteiger partial charge in [0.2, 0.25) is 0 Å². The molecule has 3 nitrogen and oxygen atoms in total. The van der Waals surface area contributed by atoms with Gasteiger partial charge in [-0.25, -0.2) is 0 Å². The maximum atomic E-state index is 12.1. The van der Waals surface area contributed by atoms with Gasteiger partial charge in [-0.2, -0.15) is 0 Å². The number of fused-ring (bicyclic) bond motifs is 1. The molecule has 0 aromatic heterocycles. The first-order valence-corrected chi connectivity index (χ1v) is 6.33. The van der Waals surface area contributed by atoms with Gasteiger partial charge in [0.25, 0.3) is 5.91 Å². The van der Waals surface area contributed by atoms with Crippen molar-refractivity contribution in [1.82, 2.24) is 4.31 Å². The number of hydrogen-bond donors (Lipinski definition) is 1. The van der Waals surface area contributed by atoms with Gasteiger partial charge in [0, 0.05) is 6.54 Å². The minimum atomic E-state index is 0.111. The highest BCUT2D eigenvalue weighted by Gasteiger charge is 2.25. The van der Waals surface area contributed by atoms with Gasteiger partial charge in [-0.3, -0.25) is 9.10 Å². The molecule has 0 spiro atoms. The second-order valence-electron chi connectivity index (χ2n) is 4.12. The lowest BCUT2D eigenvalue weighted by atomic mass is 10.1. The Morgan fingerprint density at radius 3 is 2.94 bits per heavy atom. The first-order chi connectivity index (χ1) is 7.72. The molecule has 0 saturated heterocycles. The van der Waals surface area contributed by atoms with Crippen LogP contribution in [0.5, 0.6) is 0 Å². The van der Waals surface area contributed by atoms with E-state index in [1.807, 2.05) is 24.3 Å². The molecule has 0 radical (unpaired) electrons. The summed E-state index contributed by atoms with van der Waals surface area (Å²) < 4.78 is 5.00. The zero-order valence-corrected chi connectivity index (χ0v) is 10.4. The molecule has 0 aliphatic carbocycles. The van der Waals surface area contributed by atoms with Gasteiger partial charge >= 0.3 is 0 Å². The Hall–Kier alpha value is -1.16. The Morgan fingerprint density at radius 1 is 1.44 bits per heavy atom. The van der Waals surface area contributed by atoms with E-state index in [1.54, 1.807) is 4.31 Å². The monoisotopic (exact) mass is 236 g/mol. The molecule has 1 aliphatic rings. The Bertz CT molecular complexity index is 394. The standard InChI is InChI=1S/C12H16N2OS/c1-3-9(2)8-14-12(15)10-6-4-5-7-11(10)13-16-14/h4-7,9,13H,3,8H2,1-2H3. The number of rotatable bonds is 3. The molecule has 4 heteroatoms. The minimum absolute atomic E-state index is 0.111. The number of benzene rings is 1. The number of amides is 1. The van der Waals surface area contributed by atoms with Crippen molar-refractivity contribution in [3.63, 3.8) is 0 Å². The molecular weight excluding hydrogens is 220 g/mol. The van der Waals surface area contributed by atoms with Crippen LogP contribution in [-0.4, -0.2) is 16.8 Å². The normalized spacial score (nSPS) is 16.6. The van der Waals surface area contributed by atoms with Gasteiger partial charge < -0.3 is 4.72 Å². The molecule has 16 heavy (non-hydrogen) atoms. The number of carbonyl (C=O) groups is 1. The van der Waals surface area contributed by atoms with Crippen molar-refractivity contribution in [2.75, 3.05) is 11.3 Å². The molecule has 1 amide bonds. The van der Waals surface area contributed by atoms with Gasteiger partial charge in [0.05, 0.1) is 23.4 Å². The maximum absolute atomic E-state index is 12.1. The number of carbonyl (C=O) groups excluding carboxylic acids is 1. The van der Waals surface area contributed by atoms with Crippen LogP contribution in [-0.2, 0) is 0 Å². The lowest BCUT2D eigenvalue weighted by Gasteiger charge is -2.29. The van der Waals surface area contributed by atoms with E-state index in [0.29, 0.717) is 5.92 Å². The van der Waals surface area contributed by atoms with Crippen LogP contribution in [0, 0.1) is 5.92 Å². The minimum Gasteiger partial charge on any atom is -0.311 e. The van der Waals surface area contributed by atoms with Gasteiger partial charge in [-0.1, -0.05) is 32.4 Å². The Kier molecular flexibility index (Phi) is 3.39. The van der Waals surface area contributed by atoms with E-state index in [-0.39, 0.29) is 5.91 Å². The van der Waals surface area contributed by atoms with Crippen LogP contribution in [0.25, 0.3) is 0 Å². The van der Waals surface area contributed by atoms with Crippen LogP contribution in [0.2, 0.25) is 0 Å². The average molecular weight is 236 g/mol. The lowest BCUT2D eigenvalue weighted by Crippen LogP contribution is -2.33. The smallest absolute Gasteiger partial charge is 0.267 e. The fraction of sp³-hybridized carbons (Fsp3) is 0.417. The summed E-state index contributed by atoms with van der Waals surface area (Å²) in [7, 11) is 0. The second kappa shape index (κ2) is 4.78.